The molecular weight excluding hydrogens is 456 g/mol. The molecular formula is C18H20BrClN2O4S. The number of carbonyl (C=O) groups is 1. The average Bonchev–Trinajstić information content (AvgIpc) is 2.52. The number of nitrogens with one attached hydrogen (secondary N) is 2. The van der Waals surface area contributed by atoms with E-state index >= 15 is 0 Å². The lowest BCUT2D eigenvalue weighted by molar-refractivity contribution is -0.118. The minimum absolute atomic E-state index is 0.119. The molecule has 2 aromatic rings. The lowest BCUT2D eigenvalue weighted by Gasteiger charge is -2.20. The third-order valence-corrected chi connectivity index (χ3v) is 5.70. The molecule has 0 aliphatic rings. The van der Waals surface area contributed by atoms with Gasteiger partial charge in [-0.3, -0.25) is 4.79 Å². The highest BCUT2D eigenvalue weighted by Crippen LogP contribution is 2.27. The number of ether oxygens (including phenoxy) is 1. The van der Waals surface area contributed by atoms with Crippen molar-refractivity contribution in [3.63, 3.8) is 0 Å². The van der Waals surface area contributed by atoms with Crippen molar-refractivity contribution in [2.24, 2.45) is 0 Å². The maximum absolute atomic E-state index is 12.3. The number of halogens is 2. The van der Waals surface area contributed by atoms with Crippen LogP contribution in [0, 0.1) is 0 Å². The van der Waals surface area contributed by atoms with Crippen molar-refractivity contribution in [2.45, 2.75) is 31.2 Å². The molecule has 0 aliphatic carbocycles. The van der Waals surface area contributed by atoms with Gasteiger partial charge in [-0.25, -0.2) is 13.1 Å². The summed E-state index contributed by atoms with van der Waals surface area (Å²) in [6.07, 6.45) is 0. The summed E-state index contributed by atoms with van der Waals surface area (Å²) in [5.74, 6) is 0.00196. The van der Waals surface area contributed by atoms with Crippen LogP contribution in [0.25, 0.3) is 0 Å². The fraction of sp³-hybridized carbons (Fsp3) is 0.278. The lowest BCUT2D eigenvalue weighted by Crippen LogP contribution is -2.40. The molecule has 1 amide bonds. The number of benzene rings is 2. The first-order valence-electron chi connectivity index (χ1n) is 7.98. The molecule has 6 nitrogen and oxygen atoms in total. The zero-order chi connectivity index (χ0) is 20.2. The Bertz CT molecular complexity index is 925. The summed E-state index contributed by atoms with van der Waals surface area (Å²) in [6, 6.07) is 11.0. The molecule has 0 atom stereocenters. The SMILES string of the molecule is CC(C)(C)NS(=O)(=O)c1ccc(NC(=O)COc2ccc(Br)cc2Cl)cc1. The monoisotopic (exact) mass is 474 g/mol. The van der Waals surface area contributed by atoms with Gasteiger partial charge in [0.1, 0.15) is 5.75 Å². The maximum atomic E-state index is 12.3. The van der Waals surface area contributed by atoms with Gasteiger partial charge >= 0.3 is 0 Å². The topological polar surface area (TPSA) is 84.5 Å². The Labute approximate surface area is 172 Å². The van der Waals surface area contributed by atoms with E-state index in [0.717, 1.165) is 4.47 Å². The Morgan fingerprint density at radius 2 is 1.78 bits per heavy atom. The fourth-order valence-corrected chi connectivity index (χ4v) is 4.26. The Balaban J connectivity index is 1.96. The van der Waals surface area contributed by atoms with E-state index in [2.05, 4.69) is 26.0 Å². The second-order valence-corrected chi connectivity index (χ2v) is 9.80. The molecule has 0 aromatic heterocycles. The van der Waals surface area contributed by atoms with Gasteiger partial charge in [0.25, 0.3) is 5.91 Å². The van der Waals surface area contributed by atoms with Gasteiger partial charge in [0, 0.05) is 15.7 Å². The van der Waals surface area contributed by atoms with Crippen molar-refractivity contribution in [1.82, 2.24) is 4.72 Å². The maximum Gasteiger partial charge on any atom is 0.262 e. The molecule has 0 aliphatic heterocycles. The van der Waals surface area contributed by atoms with Crippen LogP contribution in [0.4, 0.5) is 5.69 Å². The molecule has 0 spiro atoms. The van der Waals surface area contributed by atoms with Crippen LogP contribution >= 0.6 is 27.5 Å². The van der Waals surface area contributed by atoms with E-state index in [1.54, 1.807) is 39.0 Å². The molecule has 0 fully saturated rings. The predicted molar refractivity (Wildman–Crippen MR) is 110 cm³/mol. The van der Waals surface area contributed by atoms with E-state index in [-0.39, 0.29) is 11.5 Å². The van der Waals surface area contributed by atoms with E-state index in [4.69, 9.17) is 16.3 Å². The smallest absolute Gasteiger partial charge is 0.262 e. The highest BCUT2D eigenvalue weighted by atomic mass is 79.9. The van der Waals surface area contributed by atoms with Crippen molar-refractivity contribution in [3.05, 3.63) is 52.0 Å². The van der Waals surface area contributed by atoms with Gasteiger partial charge in [-0.15, -0.1) is 0 Å². The summed E-state index contributed by atoms with van der Waals surface area (Å²) >= 11 is 9.32. The molecule has 9 heteroatoms. The lowest BCUT2D eigenvalue weighted by atomic mass is 10.1. The normalized spacial score (nSPS) is 11.9. The third kappa shape index (κ3) is 6.80. The van der Waals surface area contributed by atoms with Crippen LogP contribution in [-0.2, 0) is 14.8 Å². The van der Waals surface area contributed by atoms with Crippen molar-refractivity contribution in [2.75, 3.05) is 11.9 Å². The number of rotatable bonds is 6. The quantitative estimate of drug-likeness (QED) is 0.656. The molecule has 0 saturated heterocycles. The van der Waals surface area contributed by atoms with Gasteiger partial charge in [-0.2, -0.15) is 0 Å². The minimum Gasteiger partial charge on any atom is -0.482 e. The van der Waals surface area contributed by atoms with Crippen LogP contribution in [-0.4, -0.2) is 26.5 Å². The molecule has 0 radical (unpaired) electrons. The molecule has 2 aromatic carbocycles. The van der Waals surface area contributed by atoms with Crippen LogP contribution in [0.5, 0.6) is 5.75 Å². The number of anilines is 1. The molecule has 0 heterocycles. The number of carbonyl (C=O) groups excluding carboxylic acids is 1. The summed E-state index contributed by atoms with van der Waals surface area (Å²) in [7, 11) is -3.62. The summed E-state index contributed by atoms with van der Waals surface area (Å²) in [5, 5.41) is 3.03. The van der Waals surface area contributed by atoms with E-state index in [0.29, 0.717) is 16.5 Å². The van der Waals surface area contributed by atoms with Gasteiger partial charge in [-0.05, 0) is 63.2 Å². The highest BCUT2D eigenvalue weighted by Gasteiger charge is 2.21. The summed E-state index contributed by atoms with van der Waals surface area (Å²) in [6.45, 7) is 5.05. The second kappa shape index (κ2) is 8.60. The Morgan fingerprint density at radius 1 is 1.15 bits per heavy atom. The van der Waals surface area contributed by atoms with Crippen molar-refractivity contribution in [1.29, 1.82) is 0 Å². The Hall–Kier alpha value is -1.61. The Kier molecular flexibility index (Phi) is 6.91. The van der Waals surface area contributed by atoms with Gasteiger partial charge in [0.05, 0.1) is 9.92 Å². The third-order valence-electron chi connectivity index (χ3n) is 3.14. The minimum atomic E-state index is -3.62. The molecule has 2 rings (SSSR count). The van der Waals surface area contributed by atoms with Crippen LogP contribution in [0.3, 0.4) is 0 Å². The van der Waals surface area contributed by atoms with Crippen LogP contribution in [0.2, 0.25) is 5.02 Å². The molecule has 27 heavy (non-hydrogen) atoms. The molecule has 2 N–H and O–H groups in total. The largest absolute Gasteiger partial charge is 0.482 e. The van der Waals surface area contributed by atoms with Crippen molar-refractivity contribution in [3.8, 4) is 5.75 Å². The van der Waals surface area contributed by atoms with E-state index in [9.17, 15) is 13.2 Å². The Morgan fingerprint density at radius 3 is 2.33 bits per heavy atom. The first-order chi connectivity index (χ1) is 12.5. The van der Waals surface area contributed by atoms with Crippen LogP contribution in [0.1, 0.15) is 20.8 Å². The zero-order valence-electron chi connectivity index (χ0n) is 15.0. The summed E-state index contributed by atoms with van der Waals surface area (Å²) in [5.41, 5.74) is -0.127. The van der Waals surface area contributed by atoms with E-state index in [1.165, 1.54) is 24.3 Å². The number of amides is 1. The van der Waals surface area contributed by atoms with E-state index in [1.807, 2.05) is 0 Å². The van der Waals surface area contributed by atoms with Gasteiger partial charge in [0.2, 0.25) is 10.0 Å². The van der Waals surface area contributed by atoms with Crippen molar-refractivity contribution < 1.29 is 17.9 Å². The van der Waals surface area contributed by atoms with Gasteiger partial charge < -0.3 is 10.1 Å². The summed E-state index contributed by atoms with van der Waals surface area (Å²) < 4.78 is 33.3. The standard InChI is InChI=1S/C18H20BrClN2O4S/c1-18(2,3)22-27(24,25)14-7-5-13(6-8-14)21-17(23)11-26-16-9-4-12(19)10-15(16)20/h4-10,22H,11H2,1-3H3,(H,21,23). The van der Waals surface area contributed by atoms with E-state index < -0.39 is 21.5 Å². The average molecular weight is 476 g/mol. The van der Waals surface area contributed by atoms with Crippen LogP contribution in [0.15, 0.2) is 51.8 Å². The first kappa shape index (κ1) is 21.7. The van der Waals surface area contributed by atoms with Gasteiger partial charge in [-0.1, -0.05) is 27.5 Å². The number of sulfonamides is 1. The highest BCUT2D eigenvalue weighted by molar-refractivity contribution is 9.10. The summed E-state index contributed by atoms with van der Waals surface area (Å²) in [4.78, 5) is 12.1. The predicted octanol–water partition coefficient (Wildman–Crippen LogP) is 4.20. The molecule has 146 valence electrons. The molecule has 0 saturated carbocycles. The van der Waals surface area contributed by atoms with Crippen LogP contribution < -0.4 is 14.8 Å². The second-order valence-electron chi connectivity index (χ2n) is 6.79. The molecule has 0 unspecified atom stereocenters. The first-order valence-corrected chi connectivity index (χ1v) is 10.6. The number of hydrogen-bond acceptors (Lipinski definition) is 4. The fourth-order valence-electron chi connectivity index (χ4n) is 2.11. The number of hydrogen-bond donors (Lipinski definition) is 2. The molecule has 0 bridgehead atoms. The van der Waals surface area contributed by atoms with Crippen molar-refractivity contribution >= 4 is 49.1 Å². The van der Waals surface area contributed by atoms with Gasteiger partial charge in [0.15, 0.2) is 6.61 Å². The zero-order valence-corrected chi connectivity index (χ0v) is 18.2.